The molecule has 1 aromatic carbocycles. The topological polar surface area (TPSA) is 53.7 Å². The first-order valence-corrected chi connectivity index (χ1v) is 4.92. The van der Waals surface area contributed by atoms with Crippen LogP contribution in [0.5, 0.6) is 11.5 Å². The number of hydrogen-bond donors (Lipinski definition) is 1. The van der Waals surface area contributed by atoms with E-state index in [2.05, 4.69) is 14.3 Å². The summed E-state index contributed by atoms with van der Waals surface area (Å²) in [6, 6.07) is 1.92. The number of rotatable bonds is 2. The highest BCUT2D eigenvalue weighted by Gasteiger charge is 2.66. The molecule has 1 aromatic rings. The molecular weight excluding hydrogens is 282 g/mol. The minimum Gasteiger partial charge on any atom is -0.421 e. The molecule has 2 rings (SSSR count). The maximum absolute atomic E-state index is 12.9. The zero-order valence-corrected chi connectivity index (χ0v) is 9.31. The van der Waals surface area contributed by atoms with Gasteiger partial charge in [0.2, 0.25) is 0 Å². The number of ether oxygens (including phenoxy) is 2. The van der Waals surface area contributed by atoms with Crippen LogP contribution in [-0.4, -0.2) is 12.2 Å². The molecule has 0 saturated heterocycles. The zero-order valence-electron chi connectivity index (χ0n) is 8.55. The van der Waals surface area contributed by atoms with Crippen LogP contribution in [0.2, 0.25) is 5.02 Å². The molecule has 4 nitrogen and oxygen atoms in total. The van der Waals surface area contributed by atoms with Gasteiger partial charge in [-0.05, 0) is 6.07 Å². The third-order valence-corrected chi connectivity index (χ3v) is 2.52. The predicted molar refractivity (Wildman–Crippen MR) is 51.6 cm³/mol. The summed E-state index contributed by atoms with van der Waals surface area (Å²) < 4.78 is 59.3. The largest absolute Gasteiger partial charge is 0.507 e. The predicted octanol–water partition coefficient (Wildman–Crippen LogP) is 2.69. The van der Waals surface area contributed by atoms with Gasteiger partial charge < -0.3 is 9.47 Å². The van der Waals surface area contributed by atoms with Crippen LogP contribution in [0, 0.1) is 0 Å². The number of nitrogens with two attached hydrogens (primary N) is 1. The van der Waals surface area contributed by atoms with E-state index in [0.29, 0.717) is 0 Å². The Bertz CT molecular complexity index is 483. The first kappa shape index (κ1) is 13.2. The van der Waals surface area contributed by atoms with E-state index in [1.807, 2.05) is 0 Å². The van der Waals surface area contributed by atoms with Gasteiger partial charge in [0.05, 0.1) is 11.6 Å². The molecule has 0 spiro atoms. The molecule has 0 saturated carbocycles. The summed E-state index contributed by atoms with van der Waals surface area (Å²) in [5.74, 6) is 3.65. The van der Waals surface area contributed by atoms with Gasteiger partial charge in [-0.15, -0.1) is 0 Å². The van der Waals surface area contributed by atoms with Gasteiger partial charge in [-0.25, -0.2) is 5.90 Å². The Morgan fingerprint density at radius 2 is 1.61 bits per heavy atom. The lowest BCUT2D eigenvalue weighted by Gasteiger charge is -2.32. The zero-order chi connectivity index (χ0) is 13.6. The molecule has 1 heterocycles. The third kappa shape index (κ3) is 2.06. The van der Waals surface area contributed by atoms with Crippen molar-refractivity contribution in [2.75, 3.05) is 0 Å². The highest BCUT2D eigenvalue weighted by Crippen LogP contribution is 2.48. The van der Waals surface area contributed by atoms with Gasteiger partial charge in [-0.2, -0.15) is 17.6 Å². The van der Waals surface area contributed by atoms with Crippen molar-refractivity contribution < 1.29 is 31.9 Å². The van der Waals surface area contributed by atoms with E-state index in [9.17, 15) is 17.6 Å². The van der Waals surface area contributed by atoms with Crippen molar-refractivity contribution in [3.63, 3.8) is 0 Å². The van der Waals surface area contributed by atoms with Gasteiger partial charge in [0.1, 0.15) is 0 Å². The van der Waals surface area contributed by atoms with Crippen LogP contribution in [0.25, 0.3) is 0 Å². The lowest BCUT2D eigenvalue weighted by molar-refractivity contribution is -0.391. The number of hydrogen-bond acceptors (Lipinski definition) is 4. The molecule has 0 atom stereocenters. The van der Waals surface area contributed by atoms with Crippen molar-refractivity contribution in [1.29, 1.82) is 0 Å². The van der Waals surface area contributed by atoms with Crippen LogP contribution < -0.4 is 15.4 Å². The smallest absolute Gasteiger partial charge is 0.421 e. The summed E-state index contributed by atoms with van der Waals surface area (Å²) in [6.07, 6.45) is -9.54. The summed E-state index contributed by atoms with van der Waals surface area (Å²) in [7, 11) is 0. The van der Waals surface area contributed by atoms with Gasteiger partial charge in [0, 0.05) is 11.6 Å². The Hall–Kier alpha value is -1.25. The van der Waals surface area contributed by atoms with E-state index in [4.69, 9.17) is 17.5 Å². The molecule has 9 heteroatoms. The summed E-state index contributed by atoms with van der Waals surface area (Å²) >= 11 is 5.70. The second-order valence-electron chi connectivity index (χ2n) is 3.44. The SMILES string of the molecule is NOCc1cc2c(cc1Cl)OC(F)(F)C(F)(F)O2. The van der Waals surface area contributed by atoms with Gasteiger partial charge in [-0.3, -0.25) is 4.84 Å². The molecule has 1 aliphatic heterocycles. The highest BCUT2D eigenvalue weighted by molar-refractivity contribution is 6.31. The fraction of sp³-hybridized carbons (Fsp3) is 0.333. The lowest BCUT2D eigenvalue weighted by Crippen LogP contribution is -2.52. The molecule has 0 aromatic heterocycles. The monoisotopic (exact) mass is 287 g/mol. The second kappa shape index (κ2) is 4.15. The van der Waals surface area contributed by atoms with Crippen molar-refractivity contribution in [1.82, 2.24) is 0 Å². The average molecular weight is 288 g/mol. The third-order valence-electron chi connectivity index (χ3n) is 2.17. The normalized spacial score (nSPS) is 19.7. The molecule has 0 fully saturated rings. The Morgan fingerprint density at radius 3 is 2.11 bits per heavy atom. The Morgan fingerprint density at radius 1 is 1.11 bits per heavy atom. The lowest BCUT2D eigenvalue weighted by atomic mass is 10.2. The van der Waals surface area contributed by atoms with Crippen LogP contribution >= 0.6 is 11.6 Å². The van der Waals surface area contributed by atoms with Crippen LogP contribution in [0.4, 0.5) is 17.6 Å². The van der Waals surface area contributed by atoms with Crippen LogP contribution in [-0.2, 0) is 11.4 Å². The number of benzene rings is 1. The van der Waals surface area contributed by atoms with Gasteiger partial charge in [0.25, 0.3) is 0 Å². The van der Waals surface area contributed by atoms with Crippen molar-refractivity contribution in [2.45, 2.75) is 18.8 Å². The first-order chi connectivity index (χ1) is 8.27. The first-order valence-electron chi connectivity index (χ1n) is 4.54. The van der Waals surface area contributed by atoms with E-state index < -0.39 is 23.7 Å². The second-order valence-corrected chi connectivity index (χ2v) is 3.85. The van der Waals surface area contributed by atoms with Crippen LogP contribution in [0.3, 0.4) is 0 Å². The van der Waals surface area contributed by atoms with Crippen LogP contribution in [0.15, 0.2) is 12.1 Å². The molecule has 18 heavy (non-hydrogen) atoms. The fourth-order valence-electron chi connectivity index (χ4n) is 1.33. The van der Waals surface area contributed by atoms with Crippen molar-refractivity contribution in [2.24, 2.45) is 5.90 Å². The van der Waals surface area contributed by atoms with Crippen molar-refractivity contribution >= 4 is 11.6 Å². The summed E-state index contributed by atoms with van der Waals surface area (Å²) in [4.78, 5) is 4.28. The molecule has 0 radical (unpaired) electrons. The van der Waals surface area contributed by atoms with E-state index in [0.717, 1.165) is 12.1 Å². The standard InChI is InChI=1S/C9H6ClF4NO3/c10-5-2-7-6(1-4(5)3-16-15)17-8(11,12)9(13,14)18-7/h1-2H,3,15H2. The summed E-state index contributed by atoms with van der Waals surface area (Å²) in [5, 5.41) is -0.0242. The Balaban J connectivity index is 2.44. The average Bonchev–Trinajstić information content (AvgIpc) is 2.22. The molecule has 0 amide bonds. The molecule has 2 N–H and O–H groups in total. The summed E-state index contributed by atoms with van der Waals surface area (Å²) in [6.45, 7) is -0.197. The maximum atomic E-state index is 12.9. The minimum atomic E-state index is -4.77. The van der Waals surface area contributed by atoms with E-state index in [1.54, 1.807) is 0 Å². The van der Waals surface area contributed by atoms with Gasteiger partial charge >= 0.3 is 12.2 Å². The fourth-order valence-corrected chi connectivity index (χ4v) is 1.54. The molecule has 100 valence electrons. The molecule has 0 aliphatic carbocycles. The maximum Gasteiger partial charge on any atom is 0.507 e. The Kier molecular flexibility index (Phi) is 3.04. The number of halogens is 5. The van der Waals surface area contributed by atoms with E-state index in [1.165, 1.54) is 0 Å². The number of alkyl halides is 4. The Labute approximate surface area is 103 Å². The highest BCUT2D eigenvalue weighted by atomic mass is 35.5. The minimum absolute atomic E-state index is 0.0242. The van der Waals surface area contributed by atoms with Crippen molar-refractivity contribution in [3.8, 4) is 11.5 Å². The van der Waals surface area contributed by atoms with E-state index in [-0.39, 0.29) is 17.2 Å². The van der Waals surface area contributed by atoms with Crippen LogP contribution in [0.1, 0.15) is 5.56 Å². The molecule has 1 aliphatic rings. The quantitative estimate of drug-likeness (QED) is 0.671. The summed E-state index contributed by atoms with van der Waals surface area (Å²) in [5.41, 5.74) is 0.197. The van der Waals surface area contributed by atoms with E-state index >= 15 is 0 Å². The van der Waals surface area contributed by atoms with Gasteiger partial charge in [-0.1, -0.05) is 11.6 Å². The molecule has 0 bridgehead atoms. The van der Waals surface area contributed by atoms with Crippen molar-refractivity contribution in [3.05, 3.63) is 22.7 Å². The number of fused-ring (bicyclic) bond motifs is 1. The molecular formula is C9H6ClF4NO3. The molecule has 0 unspecified atom stereocenters. The van der Waals surface area contributed by atoms with Gasteiger partial charge in [0.15, 0.2) is 11.5 Å².